The van der Waals surface area contributed by atoms with E-state index in [2.05, 4.69) is 32.8 Å². The van der Waals surface area contributed by atoms with Gasteiger partial charge in [0.05, 0.1) is 30.6 Å². The van der Waals surface area contributed by atoms with Gasteiger partial charge >= 0.3 is 0 Å². The zero-order valence-corrected chi connectivity index (χ0v) is 20.5. The van der Waals surface area contributed by atoms with Crippen molar-refractivity contribution in [3.8, 4) is 5.75 Å². The summed E-state index contributed by atoms with van der Waals surface area (Å²) in [6.45, 7) is 2.57. The number of methoxy groups -OCH3 is 1. The fourth-order valence-electron chi connectivity index (χ4n) is 5.69. The molecule has 0 saturated heterocycles. The van der Waals surface area contributed by atoms with Gasteiger partial charge in [-0.3, -0.25) is 9.59 Å². The molecule has 2 heterocycles. The molecule has 3 aliphatic rings. The Labute approximate surface area is 209 Å². The second-order valence-corrected chi connectivity index (χ2v) is 9.60. The summed E-state index contributed by atoms with van der Waals surface area (Å²) in [5.41, 5.74) is 8.25. The molecule has 2 aromatic rings. The van der Waals surface area contributed by atoms with E-state index < -0.39 is 0 Å². The van der Waals surface area contributed by atoms with Crippen molar-refractivity contribution in [2.45, 2.75) is 38.6 Å². The number of amides is 2. The number of rotatable bonds is 7. The Morgan fingerprint density at radius 1 is 1.29 bits per heavy atom. The molecular formula is C25H29ClN6O3. The number of allylic oxidation sites excluding steroid dienone is 1. The van der Waals surface area contributed by atoms with Gasteiger partial charge in [-0.25, -0.2) is 4.98 Å². The highest BCUT2D eigenvalue weighted by molar-refractivity contribution is 6.32. The summed E-state index contributed by atoms with van der Waals surface area (Å²) in [4.78, 5) is 35.3. The minimum Gasteiger partial charge on any atom is -0.494 e. The Kier molecular flexibility index (Phi) is 6.27. The third-order valence-electron chi connectivity index (χ3n) is 7.25. The third-order valence-corrected chi connectivity index (χ3v) is 7.52. The summed E-state index contributed by atoms with van der Waals surface area (Å²) in [6, 6.07) is 3.64. The van der Waals surface area contributed by atoms with Crippen LogP contribution in [0, 0.1) is 17.8 Å². The molecule has 2 amide bonds. The second-order valence-electron chi connectivity index (χ2n) is 9.20. The first-order chi connectivity index (χ1) is 16.9. The number of carbonyl (C=O) groups excluding carboxylic acids is 2. The second kappa shape index (κ2) is 9.37. The molecule has 1 aliphatic heterocycles. The predicted octanol–water partition coefficient (Wildman–Crippen LogP) is 3.66. The molecule has 10 heteroatoms. The van der Waals surface area contributed by atoms with Crippen LogP contribution in [0.25, 0.3) is 0 Å². The zero-order valence-electron chi connectivity index (χ0n) is 19.8. The van der Waals surface area contributed by atoms with Crippen molar-refractivity contribution >= 4 is 46.6 Å². The third kappa shape index (κ3) is 4.18. The fraction of sp³-hybridized carbons (Fsp3) is 0.440. The van der Waals surface area contributed by atoms with E-state index in [-0.39, 0.29) is 35.6 Å². The molecule has 35 heavy (non-hydrogen) atoms. The normalized spacial score (nSPS) is 24.8. The zero-order chi connectivity index (χ0) is 24.7. The lowest BCUT2D eigenvalue weighted by Gasteiger charge is -2.27. The van der Waals surface area contributed by atoms with Crippen LogP contribution in [-0.2, 0) is 16.0 Å². The summed E-state index contributed by atoms with van der Waals surface area (Å²) in [7, 11) is 1.62. The molecule has 4 N–H and O–H groups in total. The summed E-state index contributed by atoms with van der Waals surface area (Å²) in [6.07, 6.45) is 8.61. The minimum atomic E-state index is -0.322. The first-order valence-corrected chi connectivity index (χ1v) is 12.3. The molecule has 2 bridgehead atoms. The number of fused-ring (bicyclic) bond motifs is 3. The summed E-state index contributed by atoms with van der Waals surface area (Å²) >= 11 is 6.41. The van der Waals surface area contributed by atoms with Gasteiger partial charge in [0.25, 0.3) is 0 Å². The molecule has 1 aromatic heterocycles. The largest absolute Gasteiger partial charge is 0.494 e. The number of hydrogen-bond donors (Lipinski definition) is 3. The summed E-state index contributed by atoms with van der Waals surface area (Å²) in [5.74, 6) is 1.28. The molecule has 184 valence electrons. The van der Waals surface area contributed by atoms with Crippen LogP contribution in [0.5, 0.6) is 5.75 Å². The number of primary amides is 1. The summed E-state index contributed by atoms with van der Waals surface area (Å²) in [5, 5.41) is 6.95. The maximum absolute atomic E-state index is 12.5. The standard InChI is InChI=1S/C25H29ClN6O3/c1-3-32-18-10-9-17(22(35-2)15(18)5-4-6-19(32)33)29-25-28-12-16(26)24(31-25)30-21-14-8-7-13(11-14)20(21)23(27)34/h7-10,12-14,20-21H,3-6,11H2,1-2H3,(H2,27,34)(H2,28,29,30,31)/t13-,14+,20-,21-/m0/s1. The number of nitrogens with zero attached hydrogens (tertiary/aromatic N) is 3. The van der Waals surface area contributed by atoms with Crippen molar-refractivity contribution in [1.29, 1.82) is 0 Å². The lowest BCUT2D eigenvalue weighted by molar-refractivity contribution is -0.122. The molecule has 5 rings (SSSR count). The molecule has 0 unspecified atom stereocenters. The first-order valence-electron chi connectivity index (χ1n) is 11.9. The summed E-state index contributed by atoms with van der Waals surface area (Å²) < 4.78 is 5.78. The van der Waals surface area contributed by atoms with E-state index in [1.54, 1.807) is 12.0 Å². The lowest BCUT2D eigenvalue weighted by atomic mass is 9.88. The number of hydrogen-bond acceptors (Lipinski definition) is 7. The van der Waals surface area contributed by atoms with Crippen LogP contribution in [-0.4, -0.2) is 41.5 Å². The molecule has 0 spiro atoms. The van der Waals surface area contributed by atoms with Gasteiger partial charge in [0.2, 0.25) is 17.8 Å². The van der Waals surface area contributed by atoms with Gasteiger partial charge in [-0.15, -0.1) is 0 Å². The van der Waals surface area contributed by atoms with E-state index >= 15 is 0 Å². The van der Waals surface area contributed by atoms with Crippen molar-refractivity contribution in [3.63, 3.8) is 0 Å². The quantitative estimate of drug-likeness (QED) is 0.500. The van der Waals surface area contributed by atoms with E-state index in [4.69, 9.17) is 22.1 Å². The van der Waals surface area contributed by atoms with Crippen molar-refractivity contribution in [3.05, 3.63) is 41.1 Å². The van der Waals surface area contributed by atoms with Crippen molar-refractivity contribution < 1.29 is 14.3 Å². The highest BCUT2D eigenvalue weighted by atomic mass is 35.5. The minimum absolute atomic E-state index is 0.121. The first kappa shape index (κ1) is 23.4. The monoisotopic (exact) mass is 496 g/mol. The van der Waals surface area contributed by atoms with Gasteiger partial charge in [0.1, 0.15) is 10.8 Å². The molecular weight excluding hydrogens is 468 g/mol. The van der Waals surface area contributed by atoms with Crippen molar-refractivity contribution in [1.82, 2.24) is 9.97 Å². The van der Waals surface area contributed by atoms with Crippen LogP contribution in [0.2, 0.25) is 5.02 Å². The van der Waals surface area contributed by atoms with Crippen molar-refractivity contribution in [2.24, 2.45) is 23.5 Å². The highest BCUT2D eigenvalue weighted by Gasteiger charge is 2.47. The van der Waals surface area contributed by atoms with E-state index in [0.717, 1.165) is 30.5 Å². The van der Waals surface area contributed by atoms with E-state index in [9.17, 15) is 9.59 Å². The van der Waals surface area contributed by atoms with Crippen LogP contribution in [0.1, 0.15) is 31.7 Å². The van der Waals surface area contributed by atoms with Crippen LogP contribution in [0.4, 0.5) is 23.1 Å². The van der Waals surface area contributed by atoms with Gasteiger partial charge in [-0.1, -0.05) is 23.8 Å². The Balaban J connectivity index is 1.43. The van der Waals surface area contributed by atoms with E-state index in [0.29, 0.717) is 41.2 Å². The number of nitrogens with two attached hydrogens (primary N) is 1. The number of carbonyl (C=O) groups is 2. The van der Waals surface area contributed by atoms with Gasteiger partial charge in [0.15, 0.2) is 5.82 Å². The number of ether oxygens (including phenoxy) is 1. The molecule has 4 atom stereocenters. The van der Waals surface area contributed by atoms with Gasteiger partial charge in [-0.05, 0) is 50.2 Å². The van der Waals surface area contributed by atoms with Crippen LogP contribution in [0.3, 0.4) is 0 Å². The van der Waals surface area contributed by atoms with Gasteiger partial charge in [0, 0.05) is 24.6 Å². The van der Waals surface area contributed by atoms with Gasteiger partial charge in [-0.2, -0.15) is 4.98 Å². The number of nitrogens with one attached hydrogen (secondary N) is 2. The Bertz CT molecular complexity index is 1200. The molecule has 2 aliphatic carbocycles. The Morgan fingerprint density at radius 2 is 2.09 bits per heavy atom. The molecule has 1 saturated carbocycles. The van der Waals surface area contributed by atoms with Crippen LogP contribution >= 0.6 is 11.6 Å². The average molecular weight is 497 g/mol. The molecule has 1 aromatic carbocycles. The SMILES string of the molecule is CCN1C(=O)CCCc2c1ccc(Nc1ncc(Cl)c(N[C@@H]3[C@@H](C(N)=O)[C@H]4C=C[C@@H]3C4)n1)c2OC. The van der Waals surface area contributed by atoms with E-state index in [1.807, 2.05) is 19.1 Å². The Morgan fingerprint density at radius 3 is 2.83 bits per heavy atom. The molecule has 9 nitrogen and oxygen atoms in total. The lowest BCUT2D eigenvalue weighted by Crippen LogP contribution is -2.41. The van der Waals surface area contributed by atoms with Crippen molar-refractivity contribution in [2.75, 3.05) is 29.2 Å². The predicted molar refractivity (Wildman–Crippen MR) is 135 cm³/mol. The maximum atomic E-state index is 12.5. The number of benzene rings is 1. The number of anilines is 4. The number of aromatic nitrogens is 2. The molecule has 0 radical (unpaired) electrons. The van der Waals surface area contributed by atoms with E-state index in [1.165, 1.54) is 6.20 Å². The number of halogens is 1. The van der Waals surface area contributed by atoms with Gasteiger partial charge < -0.3 is 26.0 Å². The fourth-order valence-corrected chi connectivity index (χ4v) is 5.84. The topological polar surface area (TPSA) is 122 Å². The Hall–Kier alpha value is -3.33. The smallest absolute Gasteiger partial charge is 0.229 e. The van der Waals surface area contributed by atoms with Crippen LogP contribution in [0.15, 0.2) is 30.5 Å². The maximum Gasteiger partial charge on any atom is 0.229 e. The van der Waals surface area contributed by atoms with Crippen LogP contribution < -0.4 is 26.0 Å². The highest BCUT2D eigenvalue weighted by Crippen LogP contribution is 2.45. The molecule has 1 fully saturated rings. The average Bonchev–Trinajstić information content (AvgIpc) is 3.40.